The van der Waals surface area contributed by atoms with Crippen molar-refractivity contribution in [1.29, 1.82) is 0 Å². The van der Waals surface area contributed by atoms with E-state index in [0.717, 1.165) is 36.0 Å². The van der Waals surface area contributed by atoms with Gasteiger partial charge in [-0.3, -0.25) is 0 Å². The first-order chi connectivity index (χ1) is 9.60. The third-order valence-electron chi connectivity index (χ3n) is 2.78. The van der Waals surface area contributed by atoms with E-state index >= 15 is 0 Å². The molecule has 0 aliphatic rings. The maximum Gasteiger partial charge on any atom is 0.245 e. The Balaban J connectivity index is 2.12. The zero-order valence-corrected chi connectivity index (χ0v) is 12.3. The summed E-state index contributed by atoms with van der Waals surface area (Å²) in [6, 6.07) is 0. The van der Waals surface area contributed by atoms with Crippen LogP contribution in [0.1, 0.15) is 36.4 Å². The van der Waals surface area contributed by atoms with Crippen molar-refractivity contribution in [2.45, 2.75) is 40.7 Å². The molecule has 20 heavy (non-hydrogen) atoms. The molecule has 0 saturated carbocycles. The van der Waals surface area contributed by atoms with E-state index in [1.807, 2.05) is 13.8 Å². The first-order valence-corrected chi connectivity index (χ1v) is 6.72. The second kappa shape index (κ2) is 6.31. The molecule has 0 atom stereocenters. The summed E-state index contributed by atoms with van der Waals surface area (Å²) in [5.74, 6) is 3.54. The molecule has 0 spiro atoms. The van der Waals surface area contributed by atoms with E-state index in [-0.39, 0.29) is 0 Å². The van der Waals surface area contributed by atoms with Crippen LogP contribution in [0, 0.1) is 20.8 Å². The summed E-state index contributed by atoms with van der Waals surface area (Å²) in [5, 5.41) is 10.3. The van der Waals surface area contributed by atoms with Crippen LogP contribution in [0.4, 0.5) is 11.6 Å². The fourth-order valence-corrected chi connectivity index (χ4v) is 1.79. The molecule has 0 aromatic carbocycles. The Labute approximate surface area is 118 Å². The van der Waals surface area contributed by atoms with Crippen LogP contribution >= 0.6 is 0 Å². The minimum Gasteiger partial charge on any atom is -0.370 e. The van der Waals surface area contributed by atoms with Crippen LogP contribution in [0.15, 0.2) is 4.52 Å². The van der Waals surface area contributed by atoms with Crippen LogP contribution < -0.4 is 10.6 Å². The first-order valence-electron chi connectivity index (χ1n) is 6.72. The molecule has 7 heteroatoms. The molecule has 0 radical (unpaired) electrons. The minimum atomic E-state index is 0.450. The lowest BCUT2D eigenvalue weighted by Gasteiger charge is -2.13. The summed E-state index contributed by atoms with van der Waals surface area (Å²) in [6.07, 6.45) is 1.05. The SMILES string of the molecule is CCCNc1nc(C)nc(NCc2nc(C)no2)c1C. The number of aryl methyl sites for hydroxylation is 2. The normalized spacial score (nSPS) is 10.6. The Morgan fingerprint density at radius 3 is 2.25 bits per heavy atom. The smallest absolute Gasteiger partial charge is 0.245 e. The van der Waals surface area contributed by atoms with Crippen LogP contribution in [0.5, 0.6) is 0 Å². The molecule has 0 fully saturated rings. The van der Waals surface area contributed by atoms with Gasteiger partial charge in [0, 0.05) is 12.1 Å². The highest BCUT2D eigenvalue weighted by Crippen LogP contribution is 2.20. The number of nitrogens with one attached hydrogen (secondary N) is 2. The summed E-state index contributed by atoms with van der Waals surface area (Å²) >= 11 is 0. The Kier molecular flexibility index (Phi) is 4.49. The Morgan fingerprint density at radius 2 is 1.65 bits per heavy atom. The van der Waals surface area contributed by atoms with Gasteiger partial charge in [-0.15, -0.1) is 0 Å². The highest BCUT2D eigenvalue weighted by molar-refractivity contribution is 5.57. The van der Waals surface area contributed by atoms with Gasteiger partial charge in [0.2, 0.25) is 5.89 Å². The molecule has 7 nitrogen and oxygen atoms in total. The monoisotopic (exact) mass is 276 g/mol. The third kappa shape index (κ3) is 3.43. The highest BCUT2D eigenvalue weighted by Gasteiger charge is 2.10. The lowest BCUT2D eigenvalue weighted by Crippen LogP contribution is -2.10. The molecule has 2 N–H and O–H groups in total. The molecule has 2 aromatic rings. The molecule has 2 aromatic heterocycles. The van der Waals surface area contributed by atoms with Crippen LogP contribution in [-0.2, 0) is 6.54 Å². The van der Waals surface area contributed by atoms with Gasteiger partial charge in [0.1, 0.15) is 17.5 Å². The number of anilines is 2. The zero-order valence-electron chi connectivity index (χ0n) is 12.3. The van der Waals surface area contributed by atoms with Crippen LogP contribution in [-0.4, -0.2) is 26.7 Å². The molecular weight excluding hydrogens is 256 g/mol. The fraction of sp³-hybridized carbons (Fsp3) is 0.538. The predicted molar refractivity (Wildman–Crippen MR) is 76.6 cm³/mol. The number of aromatic nitrogens is 4. The molecule has 0 saturated heterocycles. The summed E-state index contributed by atoms with van der Waals surface area (Å²) < 4.78 is 5.07. The van der Waals surface area contributed by atoms with Crippen molar-refractivity contribution < 1.29 is 4.52 Å². The molecule has 2 rings (SSSR count). The van der Waals surface area contributed by atoms with E-state index in [2.05, 4.69) is 37.7 Å². The summed E-state index contributed by atoms with van der Waals surface area (Å²) in [7, 11) is 0. The van der Waals surface area contributed by atoms with Gasteiger partial charge in [0.15, 0.2) is 5.82 Å². The van der Waals surface area contributed by atoms with Gasteiger partial charge in [-0.2, -0.15) is 4.98 Å². The van der Waals surface area contributed by atoms with Crippen LogP contribution in [0.25, 0.3) is 0 Å². The van der Waals surface area contributed by atoms with Gasteiger partial charge in [-0.1, -0.05) is 12.1 Å². The second-order valence-electron chi connectivity index (χ2n) is 4.61. The summed E-state index contributed by atoms with van der Waals surface area (Å²) in [6.45, 7) is 9.11. The zero-order chi connectivity index (χ0) is 14.5. The Bertz CT molecular complexity index is 580. The van der Waals surface area contributed by atoms with Crippen molar-refractivity contribution in [2.75, 3.05) is 17.2 Å². The highest BCUT2D eigenvalue weighted by atomic mass is 16.5. The second-order valence-corrected chi connectivity index (χ2v) is 4.61. The van der Waals surface area contributed by atoms with Crippen molar-refractivity contribution in [1.82, 2.24) is 20.1 Å². The van der Waals surface area contributed by atoms with Crippen molar-refractivity contribution in [2.24, 2.45) is 0 Å². The van der Waals surface area contributed by atoms with E-state index in [9.17, 15) is 0 Å². The standard InChI is InChI=1S/C13H20N6O/c1-5-6-14-12-8(2)13(18-9(3)17-12)15-7-11-16-10(4)19-20-11/h5-7H2,1-4H3,(H2,14,15,17,18). The number of rotatable bonds is 6. The average Bonchev–Trinajstić information content (AvgIpc) is 2.83. The van der Waals surface area contributed by atoms with Gasteiger partial charge >= 0.3 is 0 Å². The lowest BCUT2D eigenvalue weighted by molar-refractivity contribution is 0.379. The van der Waals surface area contributed by atoms with E-state index in [1.165, 1.54) is 0 Å². The first kappa shape index (κ1) is 14.2. The number of nitrogens with zero attached hydrogens (tertiary/aromatic N) is 4. The van der Waals surface area contributed by atoms with Gasteiger partial charge in [0.25, 0.3) is 0 Å². The molecule has 0 amide bonds. The molecule has 0 unspecified atom stereocenters. The van der Waals surface area contributed by atoms with Crippen molar-refractivity contribution in [3.8, 4) is 0 Å². The van der Waals surface area contributed by atoms with Crippen molar-refractivity contribution in [3.05, 3.63) is 23.1 Å². The van der Waals surface area contributed by atoms with Gasteiger partial charge in [-0.25, -0.2) is 9.97 Å². The van der Waals surface area contributed by atoms with E-state index in [0.29, 0.717) is 18.3 Å². The van der Waals surface area contributed by atoms with E-state index < -0.39 is 0 Å². The molecule has 108 valence electrons. The number of hydrogen-bond acceptors (Lipinski definition) is 7. The van der Waals surface area contributed by atoms with Gasteiger partial charge in [0.05, 0.1) is 6.54 Å². The van der Waals surface area contributed by atoms with Gasteiger partial charge < -0.3 is 15.2 Å². The maximum absolute atomic E-state index is 5.07. The molecular formula is C13H20N6O. The lowest BCUT2D eigenvalue weighted by atomic mass is 10.3. The Morgan fingerprint density at radius 1 is 0.950 bits per heavy atom. The van der Waals surface area contributed by atoms with Crippen molar-refractivity contribution in [3.63, 3.8) is 0 Å². The van der Waals surface area contributed by atoms with E-state index in [4.69, 9.17) is 4.52 Å². The third-order valence-corrected chi connectivity index (χ3v) is 2.78. The molecule has 2 heterocycles. The maximum atomic E-state index is 5.07. The molecule has 0 aliphatic carbocycles. The van der Waals surface area contributed by atoms with Crippen LogP contribution in [0.2, 0.25) is 0 Å². The quantitative estimate of drug-likeness (QED) is 0.836. The predicted octanol–water partition coefficient (Wildman–Crippen LogP) is 2.22. The molecule has 0 aliphatic heterocycles. The average molecular weight is 276 g/mol. The van der Waals surface area contributed by atoms with E-state index in [1.54, 1.807) is 6.92 Å². The fourth-order valence-electron chi connectivity index (χ4n) is 1.79. The summed E-state index contributed by atoms with van der Waals surface area (Å²) in [5.41, 5.74) is 0.986. The summed E-state index contributed by atoms with van der Waals surface area (Å²) in [4.78, 5) is 13.0. The Hall–Kier alpha value is -2.18. The topological polar surface area (TPSA) is 88.8 Å². The van der Waals surface area contributed by atoms with Crippen molar-refractivity contribution >= 4 is 11.6 Å². The molecule has 0 bridgehead atoms. The number of hydrogen-bond donors (Lipinski definition) is 2. The van der Waals surface area contributed by atoms with Gasteiger partial charge in [-0.05, 0) is 27.2 Å². The minimum absolute atomic E-state index is 0.450. The largest absolute Gasteiger partial charge is 0.370 e. The van der Waals surface area contributed by atoms with Crippen LogP contribution in [0.3, 0.4) is 0 Å².